The Balaban J connectivity index is 1.94. The Morgan fingerprint density at radius 2 is 2.18 bits per heavy atom. The number of carbonyl (C=O) groups is 1. The molecule has 2 atom stereocenters. The molecular formula is C17H25ClN2O2. The van der Waals surface area contributed by atoms with Crippen LogP contribution in [0.2, 0.25) is 5.02 Å². The molecule has 1 saturated carbocycles. The van der Waals surface area contributed by atoms with Crippen LogP contribution in [0.4, 0.5) is 0 Å². The maximum Gasteiger partial charge on any atom is 0.224 e. The zero-order chi connectivity index (χ0) is 16.1. The molecule has 0 bridgehead atoms. The summed E-state index contributed by atoms with van der Waals surface area (Å²) in [5.74, 6) is 0.659. The molecule has 1 amide bonds. The fraction of sp³-hybridized carbons (Fsp3) is 0.588. The maximum absolute atomic E-state index is 12.3. The largest absolute Gasteiger partial charge is 0.492 e. The van der Waals surface area contributed by atoms with E-state index in [9.17, 15) is 4.79 Å². The van der Waals surface area contributed by atoms with Gasteiger partial charge in [-0.05, 0) is 46.3 Å². The van der Waals surface area contributed by atoms with Gasteiger partial charge in [0.25, 0.3) is 0 Å². The maximum atomic E-state index is 12.3. The summed E-state index contributed by atoms with van der Waals surface area (Å²) in [5, 5.41) is 3.69. The molecule has 0 unspecified atom stereocenters. The van der Waals surface area contributed by atoms with Gasteiger partial charge in [0.15, 0.2) is 0 Å². The number of benzene rings is 1. The van der Waals surface area contributed by atoms with E-state index < -0.39 is 0 Å². The van der Waals surface area contributed by atoms with Crippen LogP contribution in [0.15, 0.2) is 18.2 Å². The van der Waals surface area contributed by atoms with Crippen LogP contribution < -0.4 is 10.1 Å². The van der Waals surface area contributed by atoms with Crippen molar-refractivity contribution in [2.45, 2.75) is 44.7 Å². The predicted molar refractivity (Wildman–Crippen MR) is 89.6 cm³/mol. The van der Waals surface area contributed by atoms with Crippen LogP contribution in [0.5, 0.6) is 5.75 Å². The second kappa shape index (κ2) is 7.84. The summed E-state index contributed by atoms with van der Waals surface area (Å²) < 4.78 is 5.57. The Hall–Kier alpha value is -1.26. The highest BCUT2D eigenvalue weighted by atomic mass is 35.5. The molecule has 1 fully saturated rings. The minimum absolute atomic E-state index is 0.0348. The first-order valence-corrected chi connectivity index (χ1v) is 8.25. The van der Waals surface area contributed by atoms with Crippen molar-refractivity contribution in [3.63, 3.8) is 0 Å². The first-order valence-electron chi connectivity index (χ1n) is 7.87. The van der Waals surface area contributed by atoms with Crippen molar-refractivity contribution in [1.29, 1.82) is 0 Å². The number of nitrogens with zero attached hydrogens (tertiary/aromatic N) is 1. The van der Waals surface area contributed by atoms with Crippen molar-refractivity contribution >= 4 is 17.5 Å². The number of carbonyl (C=O) groups excluding carboxylic acids is 1. The SMILES string of the molecule is CCOc1c(Cl)cccc1CC(=O)N[C@H]1CC[C@H](N(C)C)C1. The molecule has 1 aliphatic rings. The molecule has 0 spiro atoms. The molecule has 0 aliphatic heterocycles. The van der Waals surface area contributed by atoms with Crippen molar-refractivity contribution in [1.82, 2.24) is 10.2 Å². The summed E-state index contributed by atoms with van der Waals surface area (Å²) in [5.41, 5.74) is 0.842. The second-order valence-corrected chi connectivity index (χ2v) is 6.44. The van der Waals surface area contributed by atoms with E-state index in [1.165, 1.54) is 0 Å². The Kier molecular flexibility index (Phi) is 6.09. The van der Waals surface area contributed by atoms with Crippen molar-refractivity contribution in [3.8, 4) is 5.75 Å². The normalized spacial score (nSPS) is 21.1. The van der Waals surface area contributed by atoms with Crippen molar-refractivity contribution < 1.29 is 9.53 Å². The average molecular weight is 325 g/mol. The molecule has 0 saturated heterocycles. The van der Waals surface area contributed by atoms with Gasteiger partial charge in [-0.3, -0.25) is 4.79 Å². The summed E-state index contributed by atoms with van der Waals surface area (Å²) in [4.78, 5) is 14.5. The van der Waals surface area contributed by atoms with Gasteiger partial charge < -0.3 is 15.0 Å². The summed E-state index contributed by atoms with van der Waals surface area (Å²) in [6.45, 7) is 2.44. The standard InChI is InChI=1S/C17H25ClN2O2/c1-4-22-17-12(6-5-7-15(17)18)10-16(21)19-13-8-9-14(11-13)20(2)3/h5-7,13-14H,4,8-11H2,1-3H3,(H,19,21)/t13-,14-/m0/s1. The fourth-order valence-corrected chi connectivity index (χ4v) is 3.26. The Bertz CT molecular complexity index is 519. The Labute approximate surface area is 137 Å². The number of para-hydroxylation sites is 1. The van der Waals surface area contributed by atoms with Gasteiger partial charge >= 0.3 is 0 Å². The van der Waals surface area contributed by atoms with Gasteiger partial charge in [0, 0.05) is 17.6 Å². The molecule has 0 heterocycles. The second-order valence-electron chi connectivity index (χ2n) is 6.03. The highest BCUT2D eigenvalue weighted by Gasteiger charge is 2.27. The number of rotatable bonds is 6. The number of hydrogen-bond acceptors (Lipinski definition) is 3. The van der Waals surface area contributed by atoms with E-state index in [0.717, 1.165) is 24.8 Å². The topological polar surface area (TPSA) is 41.6 Å². The first kappa shape index (κ1) is 17.1. The molecule has 1 aromatic carbocycles. The smallest absolute Gasteiger partial charge is 0.224 e. The van der Waals surface area contributed by atoms with Gasteiger partial charge in [0.2, 0.25) is 5.91 Å². The van der Waals surface area contributed by atoms with Crippen LogP contribution in [-0.4, -0.2) is 43.6 Å². The van der Waals surface area contributed by atoms with Crippen LogP contribution in [0.25, 0.3) is 0 Å². The quantitative estimate of drug-likeness (QED) is 0.875. The molecule has 4 nitrogen and oxygen atoms in total. The van der Waals surface area contributed by atoms with Crippen LogP contribution >= 0.6 is 11.6 Å². The summed E-state index contributed by atoms with van der Waals surface area (Å²) in [6.07, 6.45) is 3.51. The zero-order valence-corrected chi connectivity index (χ0v) is 14.3. The molecule has 122 valence electrons. The monoisotopic (exact) mass is 324 g/mol. The zero-order valence-electron chi connectivity index (χ0n) is 13.6. The van der Waals surface area contributed by atoms with Gasteiger partial charge in [-0.15, -0.1) is 0 Å². The molecule has 1 N–H and O–H groups in total. The highest BCUT2D eigenvalue weighted by molar-refractivity contribution is 6.32. The van der Waals surface area contributed by atoms with Gasteiger partial charge in [-0.2, -0.15) is 0 Å². The van der Waals surface area contributed by atoms with E-state index in [4.69, 9.17) is 16.3 Å². The van der Waals surface area contributed by atoms with E-state index in [1.54, 1.807) is 6.07 Å². The van der Waals surface area contributed by atoms with E-state index >= 15 is 0 Å². The average Bonchev–Trinajstić information content (AvgIpc) is 2.91. The number of amides is 1. The lowest BCUT2D eigenvalue weighted by molar-refractivity contribution is -0.121. The van der Waals surface area contributed by atoms with Crippen LogP contribution in [0, 0.1) is 0 Å². The lowest BCUT2D eigenvalue weighted by Crippen LogP contribution is -2.35. The fourth-order valence-electron chi connectivity index (χ4n) is 3.01. The van der Waals surface area contributed by atoms with E-state index in [0.29, 0.717) is 29.8 Å². The number of ether oxygens (including phenoxy) is 1. The van der Waals surface area contributed by atoms with E-state index in [2.05, 4.69) is 24.3 Å². The van der Waals surface area contributed by atoms with E-state index in [1.807, 2.05) is 19.1 Å². The predicted octanol–water partition coefficient (Wildman–Crippen LogP) is 2.88. The first-order chi connectivity index (χ1) is 10.5. The summed E-state index contributed by atoms with van der Waals surface area (Å²) >= 11 is 6.15. The molecule has 0 aromatic heterocycles. The van der Waals surface area contributed by atoms with Crippen molar-refractivity contribution in [2.75, 3.05) is 20.7 Å². The Morgan fingerprint density at radius 1 is 1.41 bits per heavy atom. The summed E-state index contributed by atoms with van der Waals surface area (Å²) in [6, 6.07) is 6.37. The highest BCUT2D eigenvalue weighted by Crippen LogP contribution is 2.29. The molecule has 1 aromatic rings. The lowest BCUT2D eigenvalue weighted by atomic mass is 10.1. The van der Waals surface area contributed by atoms with Crippen LogP contribution in [0.1, 0.15) is 31.7 Å². The molecular weight excluding hydrogens is 300 g/mol. The third kappa shape index (κ3) is 4.37. The minimum Gasteiger partial charge on any atom is -0.492 e. The van der Waals surface area contributed by atoms with Gasteiger partial charge in [-0.25, -0.2) is 0 Å². The van der Waals surface area contributed by atoms with Crippen molar-refractivity contribution in [2.24, 2.45) is 0 Å². The lowest BCUT2D eigenvalue weighted by Gasteiger charge is -2.19. The van der Waals surface area contributed by atoms with Gasteiger partial charge in [-0.1, -0.05) is 23.7 Å². The molecule has 2 rings (SSSR count). The molecule has 1 aliphatic carbocycles. The molecule has 22 heavy (non-hydrogen) atoms. The third-order valence-corrected chi connectivity index (χ3v) is 4.49. The molecule has 0 radical (unpaired) electrons. The number of hydrogen-bond donors (Lipinski definition) is 1. The number of halogens is 1. The van der Waals surface area contributed by atoms with Gasteiger partial charge in [0.05, 0.1) is 18.1 Å². The number of nitrogens with one attached hydrogen (secondary N) is 1. The minimum atomic E-state index is 0.0348. The van der Waals surface area contributed by atoms with E-state index in [-0.39, 0.29) is 11.9 Å². The molecule has 5 heteroatoms. The van der Waals surface area contributed by atoms with Gasteiger partial charge in [0.1, 0.15) is 5.75 Å². The summed E-state index contributed by atoms with van der Waals surface area (Å²) in [7, 11) is 4.18. The van der Waals surface area contributed by atoms with Crippen LogP contribution in [-0.2, 0) is 11.2 Å². The third-order valence-electron chi connectivity index (χ3n) is 4.19. The Morgan fingerprint density at radius 3 is 2.82 bits per heavy atom. The van der Waals surface area contributed by atoms with Crippen molar-refractivity contribution in [3.05, 3.63) is 28.8 Å². The van der Waals surface area contributed by atoms with Crippen LogP contribution in [0.3, 0.4) is 0 Å².